The van der Waals surface area contributed by atoms with Crippen molar-refractivity contribution in [1.82, 2.24) is 10.2 Å². The van der Waals surface area contributed by atoms with Gasteiger partial charge in [-0.25, -0.2) is 14.4 Å². The normalized spacial score (nSPS) is 15.0. The molecule has 1 atom stereocenters. The van der Waals surface area contributed by atoms with Crippen LogP contribution in [0.1, 0.15) is 43.9 Å². The molecule has 1 aliphatic heterocycles. The smallest absolute Gasteiger partial charge is 0.338 e. The Morgan fingerprint density at radius 1 is 0.949 bits per heavy atom. The number of anilines is 2. The first-order valence-corrected chi connectivity index (χ1v) is 13.3. The van der Waals surface area contributed by atoms with Gasteiger partial charge in [-0.3, -0.25) is 4.90 Å². The molecule has 0 saturated heterocycles. The molecule has 3 aromatic rings. The lowest BCUT2D eigenvalue weighted by molar-refractivity contribution is -0.138. The second-order valence-electron chi connectivity index (χ2n) is 8.95. The van der Waals surface area contributed by atoms with E-state index in [1.54, 1.807) is 60.4 Å². The molecule has 8 nitrogen and oxygen atoms in total. The van der Waals surface area contributed by atoms with Gasteiger partial charge in [0, 0.05) is 22.9 Å². The largest absolute Gasteiger partial charge is 0.463 e. The van der Waals surface area contributed by atoms with Crippen LogP contribution in [0.5, 0.6) is 0 Å². The highest BCUT2D eigenvalue weighted by molar-refractivity contribution is 6.30. The van der Waals surface area contributed by atoms with E-state index in [2.05, 4.69) is 16.0 Å². The lowest BCUT2D eigenvalue weighted by Gasteiger charge is -2.37. The van der Waals surface area contributed by atoms with Crippen LogP contribution in [0.4, 0.5) is 21.0 Å². The van der Waals surface area contributed by atoms with Crippen molar-refractivity contribution >= 4 is 46.7 Å². The highest BCUT2D eigenvalue weighted by atomic mass is 35.5. The van der Waals surface area contributed by atoms with E-state index in [9.17, 15) is 14.4 Å². The van der Waals surface area contributed by atoms with Crippen LogP contribution < -0.4 is 16.0 Å². The fourth-order valence-electron chi connectivity index (χ4n) is 4.42. The predicted molar refractivity (Wildman–Crippen MR) is 153 cm³/mol. The van der Waals surface area contributed by atoms with E-state index in [0.717, 1.165) is 18.4 Å². The summed E-state index contributed by atoms with van der Waals surface area (Å²) in [6.07, 6.45) is 1.65. The van der Waals surface area contributed by atoms with Crippen molar-refractivity contribution in [3.8, 4) is 0 Å². The molecule has 1 aliphatic rings. The van der Waals surface area contributed by atoms with Crippen LogP contribution in [0.2, 0.25) is 5.02 Å². The maximum absolute atomic E-state index is 13.4. The first-order valence-electron chi connectivity index (χ1n) is 12.9. The second kappa shape index (κ2) is 13.0. The number of ether oxygens (including phenoxy) is 1. The van der Waals surface area contributed by atoms with E-state index in [1.165, 1.54) is 0 Å². The zero-order valence-electron chi connectivity index (χ0n) is 21.9. The summed E-state index contributed by atoms with van der Waals surface area (Å²) in [5.74, 6) is -0.514. The van der Waals surface area contributed by atoms with Gasteiger partial charge >= 0.3 is 18.0 Å². The van der Waals surface area contributed by atoms with Gasteiger partial charge < -0.3 is 20.7 Å². The molecule has 1 unspecified atom stereocenters. The van der Waals surface area contributed by atoms with Gasteiger partial charge in [-0.2, -0.15) is 0 Å². The van der Waals surface area contributed by atoms with Gasteiger partial charge in [-0.15, -0.1) is 0 Å². The fourth-order valence-corrected chi connectivity index (χ4v) is 4.61. The van der Waals surface area contributed by atoms with Crippen LogP contribution in [-0.2, 0) is 9.53 Å². The number of halogens is 1. The minimum absolute atomic E-state index is 0.186. The number of esters is 1. The molecule has 0 aromatic heterocycles. The van der Waals surface area contributed by atoms with Gasteiger partial charge in [0.1, 0.15) is 0 Å². The molecule has 9 heteroatoms. The Hall–Kier alpha value is -4.30. The second-order valence-corrected chi connectivity index (χ2v) is 9.39. The molecule has 4 rings (SSSR count). The molecule has 0 spiro atoms. The topological polar surface area (TPSA) is 99.8 Å². The first-order chi connectivity index (χ1) is 18.9. The average molecular weight is 547 g/mol. The SMILES string of the molecule is CCCCN1C(=O)NC(c2cccc(NC(=O)Nc3cccc(Cl)c3)c2)C(C(=O)OCC)=C1c1ccccc1. The van der Waals surface area contributed by atoms with Gasteiger partial charge in [-0.05, 0) is 54.8 Å². The zero-order valence-corrected chi connectivity index (χ0v) is 22.6. The quantitative estimate of drug-likeness (QED) is 0.256. The standard InChI is InChI=1S/C30H31ClN4O4/c1-3-5-17-35-27(20-11-7-6-8-12-20)25(28(36)39-4-2)26(34-30(35)38)21-13-9-15-23(18-21)32-29(37)33-24-16-10-14-22(31)19-24/h6-16,18-19,26H,3-5,17H2,1-2H3,(H,34,38)(H2,32,33,37). The highest BCUT2D eigenvalue weighted by Crippen LogP contribution is 2.37. The first kappa shape index (κ1) is 27.7. The van der Waals surface area contributed by atoms with Crippen LogP contribution in [0, 0.1) is 0 Å². The molecule has 4 amide bonds. The number of carbonyl (C=O) groups excluding carboxylic acids is 3. The van der Waals surface area contributed by atoms with Crippen molar-refractivity contribution in [1.29, 1.82) is 0 Å². The molecule has 1 heterocycles. The van der Waals surface area contributed by atoms with Crippen LogP contribution in [0.15, 0.2) is 84.4 Å². The van der Waals surface area contributed by atoms with Crippen molar-refractivity contribution in [2.75, 3.05) is 23.8 Å². The number of carbonyl (C=O) groups is 3. The lowest BCUT2D eigenvalue weighted by atomic mass is 9.91. The summed E-state index contributed by atoms with van der Waals surface area (Å²) in [6.45, 7) is 4.43. The summed E-state index contributed by atoms with van der Waals surface area (Å²) in [4.78, 5) is 41.1. The average Bonchev–Trinajstić information content (AvgIpc) is 2.92. The summed E-state index contributed by atoms with van der Waals surface area (Å²) in [6, 6.07) is 21.6. The number of hydrogen-bond acceptors (Lipinski definition) is 4. The minimum Gasteiger partial charge on any atom is -0.463 e. The summed E-state index contributed by atoms with van der Waals surface area (Å²) in [5.41, 5.74) is 3.25. The number of nitrogens with zero attached hydrogens (tertiary/aromatic N) is 1. The van der Waals surface area contributed by atoms with Crippen LogP contribution in [0.25, 0.3) is 5.70 Å². The van der Waals surface area contributed by atoms with E-state index in [4.69, 9.17) is 16.3 Å². The van der Waals surface area contributed by atoms with Gasteiger partial charge in [0.05, 0.1) is 23.9 Å². The third kappa shape index (κ3) is 6.78. The van der Waals surface area contributed by atoms with E-state index in [-0.39, 0.29) is 12.6 Å². The molecule has 0 fully saturated rings. The Bertz CT molecular complexity index is 1380. The van der Waals surface area contributed by atoms with Crippen molar-refractivity contribution in [3.63, 3.8) is 0 Å². The molecule has 0 saturated carbocycles. The monoisotopic (exact) mass is 546 g/mol. The maximum Gasteiger partial charge on any atom is 0.338 e. The third-order valence-electron chi connectivity index (χ3n) is 6.16. The molecule has 202 valence electrons. The number of unbranched alkanes of at least 4 members (excludes halogenated alkanes) is 1. The van der Waals surface area contributed by atoms with Crippen molar-refractivity contribution < 1.29 is 19.1 Å². The van der Waals surface area contributed by atoms with Crippen LogP contribution >= 0.6 is 11.6 Å². The molecular formula is C30H31ClN4O4. The molecular weight excluding hydrogens is 516 g/mol. The maximum atomic E-state index is 13.4. The van der Waals surface area contributed by atoms with E-state index < -0.39 is 18.0 Å². The molecule has 3 N–H and O–H groups in total. The molecule has 0 aliphatic carbocycles. The Kier molecular flexibility index (Phi) is 9.22. The number of rotatable bonds is 9. The molecule has 3 aromatic carbocycles. The highest BCUT2D eigenvalue weighted by Gasteiger charge is 2.38. The van der Waals surface area contributed by atoms with Crippen molar-refractivity contribution in [3.05, 3.63) is 101 Å². The minimum atomic E-state index is -0.789. The van der Waals surface area contributed by atoms with E-state index in [0.29, 0.717) is 39.8 Å². The van der Waals surface area contributed by atoms with Gasteiger partial charge in [0.2, 0.25) is 0 Å². The number of urea groups is 2. The van der Waals surface area contributed by atoms with Gasteiger partial charge in [0.25, 0.3) is 0 Å². The predicted octanol–water partition coefficient (Wildman–Crippen LogP) is 6.82. The summed E-state index contributed by atoms with van der Waals surface area (Å²) >= 11 is 6.01. The van der Waals surface area contributed by atoms with E-state index >= 15 is 0 Å². The number of amides is 4. The molecule has 39 heavy (non-hydrogen) atoms. The Labute approximate surface area is 233 Å². The Balaban J connectivity index is 1.72. The summed E-state index contributed by atoms with van der Waals surface area (Å²) in [5, 5.41) is 9.04. The Morgan fingerprint density at radius 3 is 2.31 bits per heavy atom. The van der Waals surface area contributed by atoms with Gasteiger partial charge in [-0.1, -0.05) is 73.5 Å². The van der Waals surface area contributed by atoms with Crippen LogP contribution in [0.3, 0.4) is 0 Å². The summed E-state index contributed by atoms with van der Waals surface area (Å²) < 4.78 is 5.48. The number of benzene rings is 3. The van der Waals surface area contributed by atoms with Crippen molar-refractivity contribution in [2.45, 2.75) is 32.7 Å². The molecule has 0 bridgehead atoms. The zero-order chi connectivity index (χ0) is 27.8. The van der Waals surface area contributed by atoms with Crippen LogP contribution in [-0.4, -0.2) is 36.1 Å². The van der Waals surface area contributed by atoms with E-state index in [1.807, 2.05) is 37.3 Å². The number of hydrogen-bond donors (Lipinski definition) is 3. The third-order valence-corrected chi connectivity index (χ3v) is 6.40. The number of nitrogens with one attached hydrogen (secondary N) is 3. The van der Waals surface area contributed by atoms with Crippen molar-refractivity contribution in [2.24, 2.45) is 0 Å². The Morgan fingerprint density at radius 2 is 1.64 bits per heavy atom. The molecule has 0 radical (unpaired) electrons. The lowest BCUT2D eigenvalue weighted by Crippen LogP contribution is -2.48. The van der Waals surface area contributed by atoms with Gasteiger partial charge in [0.15, 0.2) is 0 Å². The fraction of sp³-hybridized carbons (Fsp3) is 0.233. The summed E-state index contributed by atoms with van der Waals surface area (Å²) in [7, 11) is 0.